The van der Waals surface area contributed by atoms with Gasteiger partial charge in [0.1, 0.15) is 29.4 Å². The number of hydrogen-bond donors (Lipinski definition) is 0. The summed E-state index contributed by atoms with van der Waals surface area (Å²) in [5, 5.41) is 8.50. The van der Waals surface area contributed by atoms with E-state index in [1.54, 1.807) is 35.3 Å². The van der Waals surface area contributed by atoms with E-state index in [0.717, 1.165) is 14.8 Å². The lowest BCUT2D eigenvalue weighted by molar-refractivity contribution is 0.372. The minimum atomic E-state index is -0.353. The average Bonchev–Trinajstić information content (AvgIpc) is 3.35. The number of benzene rings is 2. The molecule has 0 saturated heterocycles. The Morgan fingerprint density at radius 3 is 2.59 bits per heavy atom. The first-order valence-electron chi connectivity index (χ1n) is 8.82. The number of hydrogen-bond acceptors (Lipinski definition) is 5. The van der Waals surface area contributed by atoms with Crippen LogP contribution in [-0.4, -0.2) is 24.9 Å². The van der Waals surface area contributed by atoms with Gasteiger partial charge < -0.3 is 4.52 Å². The van der Waals surface area contributed by atoms with Crippen LogP contribution < -0.4 is 0 Å². The summed E-state index contributed by atoms with van der Waals surface area (Å²) < 4.78 is 22.3. The molecule has 2 aromatic carbocycles. The largest absolute Gasteiger partial charge is 0.359 e. The zero-order valence-corrected chi connectivity index (χ0v) is 17.1. The molecule has 2 aliphatic heterocycles. The van der Waals surface area contributed by atoms with Crippen molar-refractivity contribution < 1.29 is 8.91 Å². The zero-order valence-electron chi connectivity index (χ0n) is 15.0. The first-order valence-corrected chi connectivity index (χ1v) is 9.90. The summed E-state index contributed by atoms with van der Waals surface area (Å²) in [4.78, 5) is 8.83. The van der Waals surface area contributed by atoms with E-state index < -0.39 is 0 Å². The molecule has 8 heteroatoms. The Hall–Kier alpha value is -3.14. The maximum absolute atomic E-state index is 14.0. The van der Waals surface area contributed by atoms with Gasteiger partial charge in [-0.25, -0.2) is 14.4 Å². The van der Waals surface area contributed by atoms with Crippen LogP contribution >= 0.6 is 22.6 Å². The van der Waals surface area contributed by atoms with Crippen molar-refractivity contribution >= 4 is 22.6 Å². The summed E-state index contributed by atoms with van der Waals surface area (Å²) in [6.45, 7) is 0.398. The van der Waals surface area contributed by atoms with Crippen molar-refractivity contribution in [3.05, 3.63) is 82.1 Å². The van der Waals surface area contributed by atoms with E-state index in [2.05, 4.69) is 42.8 Å². The number of aromatic nitrogens is 5. The highest BCUT2D eigenvalue weighted by Crippen LogP contribution is 2.26. The Balaban J connectivity index is 1.41. The first-order chi connectivity index (χ1) is 14.2. The topological polar surface area (TPSA) is 69.6 Å². The van der Waals surface area contributed by atoms with Crippen molar-refractivity contribution in [1.29, 1.82) is 0 Å². The Bertz CT molecular complexity index is 1260. The summed E-state index contributed by atoms with van der Waals surface area (Å²) in [7, 11) is 0. The second kappa shape index (κ2) is 7.36. The van der Waals surface area contributed by atoms with Gasteiger partial charge in [0.15, 0.2) is 11.6 Å². The number of nitrogens with zero attached hydrogens (tertiary/aromatic N) is 5. The number of imidazole rings is 1. The van der Waals surface area contributed by atoms with Gasteiger partial charge in [0.2, 0.25) is 0 Å². The van der Waals surface area contributed by atoms with Crippen molar-refractivity contribution in [2.24, 2.45) is 0 Å². The minimum absolute atomic E-state index is 0.346. The molecule has 0 atom stereocenters. The van der Waals surface area contributed by atoms with Crippen LogP contribution in [0.15, 0.2) is 71.5 Å². The Morgan fingerprint density at radius 2 is 1.76 bits per heavy atom. The van der Waals surface area contributed by atoms with Crippen molar-refractivity contribution in [3.8, 4) is 34.0 Å². The number of rotatable bonds is 4. The second-order valence-electron chi connectivity index (χ2n) is 6.45. The third-order valence-electron chi connectivity index (χ3n) is 4.45. The zero-order chi connectivity index (χ0) is 19.8. The van der Waals surface area contributed by atoms with Crippen LogP contribution in [0.5, 0.6) is 0 Å². The standard InChI is InChI=1S/C21H13FIN5O/c22-17-4-2-1-3-16(17)21-25-19-10-24-28(12-20(19)26-21)11-15-9-18(27-29-15)13-5-7-14(23)8-6-13/h1-10,12H,11H2. The second-order valence-corrected chi connectivity index (χ2v) is 7.70. The molecule has 0 amide bonds. The van der Waals surface area contributed by atoms with Gasteiger partial charge in [-0.3, -0.25) is 4.68 Å². The molecule has 2 aliphatic rings. The molecule has 0 radical (unpaired) electrons. The van der Waals surface area contributed by atoms with Gasteiger partial charge in [0.25, 0.3) is 0 Å². The van der Waals surface area contributed by atoms with E-state index in [4.69, 9.17) is 4.52 Å². The molecule has 6 nitrogen and oxygen atoms in total. The lowest BCUT2D eigenvalue weighted by Gasteiger charge is -2.03. The molecule has 1 aromatic heterocycles. The van der Waals surface area contributed by atoms with Gasteiger partial charge in [-0.05, 0) is 46.9 Å². The van der Waals surface area contributed by atoms with Gasteiger partial charge in [0, 0.05) is 15.2 Å². The summed E-state index contributed by atoms with van der Waals surface area (Å²) in [6, 6.07) is 16.4. The highest BCUT2D eigenvalue weighted by Gasteiger charge is 2.16. The summed E-state index contributed by atoms with van der Waals surface area (Å²) in [5.41, 5.74) is 3.37. The van der Waals surface area contributed by atoms with Crippen molar-refractivity contribution in [3.63, 3.8) is 0 Å². The van der Waals surface area contributed by atoms with E-state index in [1.807, 2.05) is 30.3 Å². The van der Waals surface area contributed by atoms with E-state index in [-0.39, 0.29) is 5.82 Å². The van der Waals surface area contributed by atoms with Crippen molar-refractivity contribution in [1.82, 2.24) is 24.9 Å². The molecule has 3 heterocycles. The first kappa shape index (κ1) is 17.9. The average molecular weight is 497 g/mol. The molecule has 3 aromatic rings. The fraction of sp³-hybridized carbons (Fsp3) is 0.0476. The van der Waals surface area contributed by atoms with Crippen molar-refractivity contribution in [2.45, 2.75) is 6.54 Å². The summed E-state index contributed by atoms with van der Waals surface area (Å²) in [5.74, 6) is 0.663. The molecule has 5 rings (SSSR count). The molecule has 0 spiro atoms. The van der Waals surface area contributed by atoms with Crippen LogP contribution in [0.1, 0.15) is 5.76 Å². The Labute approximate surface area is 178 Å². The summed E-state index contributed by atoms with van der Waals surface area (Å²) in [6.07, 6.45) is 3.38. The number of fused-ring (bicyclic) bond motifs is 1. The molecule has 0 unspecified atom stereocenters. The van der Waals surface area contributed by atoms with Crippen LogP contribution in [0.3, 0.4) is 0 Å². The fourth-order valence-electron chi connectivity index (χ4n) is 3.01. The normalized spacial score (nSPS) is 11.2. The molecule has 29 heavy (non-hydrogen) atoms. The maximum atomic E-state index is 14.0. The van der Waals surface area contributed by atoms with E-state index in [9.17, 15) is 4.39 Å². The predicted molar refractivity (Wildman–Crippen MR) is 114 cm³/mol. The van der Waals surface area contributed by atoms with E-state index in [0.29, 0.717) is 35.1 Å². The number of halogens is 2. The predicted octanol–water partition coefficient (Wildman–Crippen LogP) is 4.89. The molecular formula is C21H13FIN5O. The van der Waals surface area contributed by atoms with Gasteiger partial charge in [-0.15, -0.1) is 0 Å². The molecule has 0 fully saturated rings. The lowest BCUT2D eigenvalue weighted by Crippen LogP contribution is -2.04. The van der Waals surface area contributed by atoms with E-state index in [1.165, 1.54) is 6.07 Å². The van der Waals surface area contributed by atoms with Gasteiger partial charge in [0.05, 0.1) is 18.0 Å². The molecule has 142 valence electrons. The van der Waals surface area contributed by atoms with Crippen molar-refractivity contribution in [2.75, 3.05) is 0 Å². The Morgan fingerprint density at radius 1 is 0.966 bits per heavy atom. The molecule has 0 saturated carbocycles. The molecular weight excluding hydrogens is 484 g/mol. The van der Waals surface area contributed by atoms with Gasteiger partial charge in [-0.2, -0.15) is 5.10 Å². The maximum Gasteiger partial charge on any atom is 0.163 e. The van der Waals surface area contributed by atoms with Gasteiger partial charge in [-0.1, -0.05) is 29.4 Å². The van der Waals surface area contributed by atoms with Crippen LogP contribution in [-0.2, 0) is 6.54 Å². The summed E-state index contributed by atoms with van der Waals surface area (Å²) >= 11 is 2.26. The SMILES string of the molecule is Fc1ccccc1-c1nc2cnn(Cc3cc(-c4ccc(I)cc4)no3)cc-2n1. The third kappa shape index (κ3) is 3.63. The smallest absolute Gasteiger partial charge is 0.163 e. The molecule has 0 N–H and O–H groups in total. The highest BCUT2D eigenvalue weighted by atomic mass is 127. The molecule has 0 bridgehead atoms. The van der Waals surface area contributed by atoms with Crippen LogP contribution in [0.4, 0.5) is 4.39 Å². The lowest BCUT2D eigenvalue weighted by atomic mass is 10.1. The molecule has 0 aliphatic carbocycles. The van der Waals surface area contributed by atoms with Crippen LogP contribution in [0.2, 0.25) is 0 Å². The quantitative estimate of drug-likeness (QED) is 0.331. The Kier molecular flexibility index (Phi) is 4.55. The monoisotopic (exact) mass is 497 g/mol. The minimum Gasteiger partial charge on any atom is -0.359 e. The third-order valence-corrected chi connectivity index (χ3v) is 5.17. The van der Waals surface area contributed by atoms with Crippen LogP contribution in [0.25, 0.3) is 34.0 Å². The fourth-order valence-corrected chi connectivity index (χ4v) is 3.37. The van der Waals surface area contributed by atoms with Crippen LogP contribution in [0, 0.1) is 9.39 Å². The van der Waals surface area contributed by atoms with Gasteiger partial charge >= 0.3 is 0 Å². The van der Waals surface area contributed by atoms with E-state index >= 15 is 0 Å². The highest BCUT2D eigenvalue weighted by molar-refractivity contribution is 14.1.